The third-order valence-corrected chi connectivity index (χ3v) is 4.73. The van der Waals surface area contributed by atoms with Crippen LogP contribution in [0.15, 0.2) is 66.7 Å². The summed E-state index contributed by atoms with van der Waals surface area (Å²) in [6.07, 6.45) is 0.0341. The van der Waals surface area contributed by atoms with Gasteiger partial charge in [-0.2, -0.15) is 0 Å². The molecule has 3 N–H and O–H groups in total. The molecule has 1 atom stereocenters. The number of nitrogens with one attached hydrogen (secondary N) is 3. The highest BCUT2D eigenvalue weighted by atomic mass is 32.1. The number of hydrogen-bond acceptors (Lipinski definition) is 5. The van der Waals surface area contributed by atoms with Crippen molar-refractivity contribution in [3.05, 3.63) is 72.3 Å². The third kappa shape index (κ3) is 6.18. The molecule has 0 aliphatic rings. The van der Waals surface area contributed by atoms with E-state index in [4.69, 9.17) is 21.7 Å². The smallest absolute Gasteiger partial charge is 0.279 e. The predicted molar refractivity (Wildman–Crippen MR) is 128 cm³/mol. The molecular weight excluding hydrogens is 426 g/mol. The Morgan fingerprint density at radius 2 is 1.69 bits per heavy atom. The first-order valence-corrected chi connectivity index (χ1v) is 10.7. The lowest BCUT2D eigenvalue weighted by molar-refractivity contribution is -0.127. The Bertz CT molecular complexity index is 1120. The van der Waals surface area contributed by atoms with Gasteiger partial charge in [-0.05, 0) is 60.6 Å². The molecule has 1 unspecified atom stereocenters. The Morgan fingerprint density at radius 1 is 0.969 bits per heavy atom. The summed E-state index contributed by atoms with van der Waals surface area (Å²) < 4.78 is 11.3. The normalized spacial score (nSPS) is 11.3. The molecule has 0 spiro atoms. The van der Waals surface area contributed by atoms with Crippen LogP contribution < -0.4 is 25.6 Å². The maximum absolute atomic E-state index is 12.5. The van der Waals surface area contributed by atoms with Crippen molar-refractivity contribution in [3.8, 4) is 11.5 Å². The summed E-state index contributed by atoms with van der Waals surface area (Å²) in [5.41, 5.74) is 5.32. The fraction of sp³-hybridized carbons (Fsp3) is 0.208. The van der Waals surface area contributed by atoms with E-state index >= 15 is 0 Å². The summed E-state index contributed by atoms with van der Waals surface area (Å²) in [5.74, 6) is 0.160. The summed E-state index contributed by atoms with van der Waals surface area (Å²) in [5, 5.41) is 4.57. The van der Waals surface area contributed by atoms with Crippen molar-refractivity contribution < 1.29 is 19.1 Å². The molecule has 3 aromatic rings. The van der Waals surface area contributed by atoms with Crippen molar-refractivity contribution in [1.29, 1.82) is 0 Å². The van der Waals surface area contributed by atoms with Gasteiger partial charge in [0, 0.05) is 0 Å². The highest BCUT2D eigenvalue weighted by Gasteiger charge is 2.17. The topological polar surface area (TPSA) is 88.7 Å². The monoisotopic (exact) mass is 451 g/mol. The second kappa shape index (κ2) is 11.1. The Balaban J connectivity index is 1.50. The lowest BCUT2D eigenvalue weighted by Crippen LogP contribution is -2.51. The molecule has 7 nitrogen and oxygen atoms in total. The van der Waals surface area contributed by atoms with Gasteiger partial charge in [0.15, 0.2) is 11.2 Å². The van der Waals surface area contributed by atoms with Gasteiger partial charge in [0.1, 0.15) is 11.5 Å². The largest absolute Gasteiger partial charge is 0.493 e. The van der Waals surface area contributed by atoms with E-state index in [1.54, 1.807) is 31.2 Å². The second-order valence-corrected chi connectivity index (χ2v) is 7.42. The van der Waals surface area contributed by atoms with Crippen molar-refractivity contribution in [2.24, 2.45) is 0 Å². The molecule has 0 heterocycles. The summed E-state index contributed by atoms with van der Waals surface area (Å²) in [6.45, 7) is 4.10. The number of hydrogen-bond donors (Lipinski definition) is 3. The average molecular weight is 452 g/mol. The van der Waals surface area contributed by atoms with Gasteiger partial charge < -0.3 is 9.47 Å². The number of carbonyl (C=O) groups excluding carboxylic acids is 2. The maximum Gasteiger partial charge on any atom is 0.279 e. The molecule has 2 amide bonds. The van der Waals surface area contributed by atoms with Gasteiger partial charge in [0.25, 0.3) is 11.8 Å². The molecule has 166 valence electrons. The molecule has 0 bridgehead atoms. The molecule has 32 heavy (non-hydrogen) atoms. The molecule has 0 aliphatic heterocycles. The minimum absolute atomic E-state index is 0.0495. The summed E-state index contributed by atoms with van der Waals surface area (Å²) in [7, 11) is 0. The zero-order valence-electron chi connectivity index (χ0n) is 17.9. The maximum atomic E-state index is 12.5. The van der Waals surface area contributed by atoms with Crippen LogP contribution in [0.4, 0.5) is 0 Å². The minimum atomic E-state index is -0.787. The molecule has 3 aromatic carbocycles. The molecule has 0 saturated heterocycles. The van der Waals surface area contributed by atoms with Gasteiger partial charge in [0.2, 0.25) is 0 Å². The van der Waals surface area contributed by atoms with Gasteiger partial charge in [-0.1, -0.05) is 49.4 Å². The fourth-order valence-electron chi connectivity index (χ4n) is 2.91. The number of ether oxygens (including phenoxy) is 2. The van der Waals surface area contributed by atoms with Crippen molar-refractivity contribution >= 4 is 39.9 Å². The van der Waals surface area contributed by atoms with E-state index < -0.39 is 17.9 Å². The first-order valence-electron chi connectivity index (χ1n) is 10.3. The first-order chi connectivity index (χ1) is 15.5. The number of rotatable bonds is 7. The SMILES string of the molecule is CCCOc1ccccc1C(=O)NC(=S)NNC(=O)C(C)Oc1ccc2ccccc2c1. The van der Waals surface area contributed by atoms with Crippen LogP contribution in [-0.2, 0) is 4.79 Å². The minimum Gasteiger partial charge on any atom is -0.493 e. The number of para-hydroxylation sites is 1. The quantitative estimate of drug-likeness (QED) is 0.375. The van der Waals surface area contributed by atoms with E-state index in [9.17, 15) is 9.59 Å². The first kappa shape index (κ1) is 23.0. The van der Waals surface area contributed by atoms with Gasteiger partial charge >= 0.3 is 0 Å². The zero-order valence-corrected chi connectivity index (χ0v) is 18.7. The van der Waals surface area contributed by atoms with Gasteiger partial charge in [0.05, 0.1) is 12.2 Å². The molecule has 8 heteroatoms. The van der Waals surface area contributed by atoms with E-state index in [1.165, 1.54) is 0 Å². The summed E-state index contributed by atoms with van der Waals surface area (Å²) in [6, 6.07) is 20.4. The molecule has 0 radical (unpaired) electrons. The lowest BCUT2D eigenvalue weighted by atomic mass is 10.1. The van der Waals surface area contributed by atoms with Crippen LogP contribution >= 0.6 is 12.2 Å². The lowest BCUT2D eigenvalue weighted by Gasteiger charge is -2.17. The second-order valence-electron chi connectivity index (χ2n) is 7.01. The summed E-state index contributed by atoms with van der Waals surface area (Å²) in [4.78, 5) is 24.9. The van der Waals surface area contributed by atoms with E-state index in [2.05, 4.69) is 16.2 Å². The number of fused-ring (bicyclic) bond motifs is 1. The van der Waals surface area contributed by atoms with Crippen molar-refractivity contribution in [1.82, 2.24) is 16.2 Å². The third-order valence-electron chi connectivity index (χ3n) is 4.52. The highest BCUT2D eigenvalue weighted by Crippen LogP contribution is 2.21. The Kier molecular flexibility index (Phi) is 7.99. The van der Waals surface area contributed by atoms with E-state index in [1.807, 2.05) is 49.4 Å². The van der Waals surface area contributed by atoms with Crippen LogP contribution in [0.3, 0.4) is 0 Å². The number of thiocarbonyl (C=S) groups is 1. The van der Waals surface area contributed by atoms with E-state index in [0.29, 0.717) is 23.7 Å². The van der Waals surface area contributed by atoms with Crippen molar-refractivity contribution in [2.75, 3.05) is 6.61 Å². The van der Waals surface area contributed by atoms with Crippen LogP contribution in [0.5, 0.6) is 11.5 Å². The van der Waals surface area contributed by atoms with Gasteiger partial charge in [-0.25, -0.2) is 0 Å². The molecule has 0 fully saturated rings. The molecule has 3 rings (SSSR count). The van der Waals surface area contributed by atoms with Crippen molar-refractivity contribution in [3.63, 3.8) is 0 Å². The van der Waals surface area contributed by atoms with Crippen LogP contribution in [0.25, 0.3) is 10.8 Å². The van der Waals surface area contributed by atoms with Crippen LogP contribution in [0, 0.1) is 0 Å². The molecule has 0 aromatic heterocycles. The van der Waals surface area contributed by atoms with E-state index in [0.717, 1.165) is 17.2 Å². The molecule has 0 aliphatic carbocycles. The van der Waals surface area contributed by atoms with Crippen LogP contribution in [-0.4, -0.2) is 29.6 Å². The van der Waals surface area contributed by atoms with Crippen LogP contribution in [0.2, 0.25) is 0 Å². The average Bonchev–Trinajstić information content (AvgIpc) is 2.81. The molecule has 0 saturated carbocycles. The van der Waals surface area contributed by atoms with Gasteiger partial charge in [-0.3, -0.25) is 25.8 Å². The Hall–Kier alpha value is -3.65. The highest BCUT2D eigenvalue weighted by molar-refractivity contribution is 7.80. The number of hydrazine groups is 1. The number of carbonyl (C=O) groups is 2. The standard InChI is InChI=1S/C24H25N3O4S/c1-3-14-30-21-11-7-6-10-20(21)23(29)25-24(32)27-26-22(28)16(2)31-19-13-12-17-8-4-5-9-18(17)15-19/h4-13,15-16H,3,14H2,1-2H3,(H,26,28)(H2,25,27,29,32). The number of benzene rings is 3. The van der Waals surface area contributed by atoms with Crippen LogP contribution in [0.1, 0.15) is 30.6 Å². The van der Waals surface area contributed by atoms with Crippen molar-refractivity contribution in [2.45, 2.75) is 26.4 Å². The predicted octanol–water partition coefficient (Wildman–Crippen LogP) is 3.73. The number of amides is 2. The van der Waals surface area contributed by atoms with Gasteiger partial charge in [-0.15, -0.1) is 0 Å². The fourth-order valence-corrected chi connectivity index (χ4v) is 3.06. The zero-order chi connectivity index (χ0) is 22.9. The Morgan fingerprint density at radius 3 is 2.47 bits per heavy atom. The van der Waals surface area contributed by atoms with E-state index in [-0.39, 0.29) is 5.11 Å². The molecular formula is C24H25N3O4S. The summed E-state index contributed by atoms with van der Waals surface area (Å²) >= 11 is 5.11. The Labute approximate surface area is 192 Å².